The monoisotopic (exact) mass is 400 g/mol. The van der Waals surface area contributed by atoms with Gasteiger partial charge in [-0.3, -0.25) is 4.79 Å². The van der Waals surface area contributed by atoms with Crippen LogP contribution in [0.2, 0.25) is 10.0 Å². The van der Waals surface area contributed by atoms with Gasteiger partial charge in [-0.25, -0.2) is 4.39 Å². The lowest BCUT2D eigenvalue weighted by molar-refractivity contribution is -0.112. The number of amides is 1. The average molecular weight is 401 g/mol. The highest BCUT2D eigenvalue weighted by Crippen LogP contribution is 2.29. The molecule has 0 atom stereocenters. The molecule has 0 aliphatic heterocycles. The number of hydrogen-bond acceptors (Lipinski definition) is 3. The van der Waals surface area contributed by atoms with Crippen molar-refractivity contribution in [2.24, 2.45) is 0 Å². The lowest BCUT2D eigenvalue weighted by atomic mass is 10.2. The molecule has 1 N–H and O–H groups in total. The van der Waals surface area contributed by atoms with Gasteiger partial charge in [0, 0.05) is 21.7 Å². The number of nitrogens with zero attached hydrogens (tertiary/aromatic N) is 1. The molecule has 0 saturated carbocycles. The fourth-order valence-electron chi connectivity index (χ4n) is 2.32. The first-order valence-corrected chi connectivity index (χ1v) is 8.46. The second-order valence-corrected chi connectivity index (χ2v) is 6.34. The minimum atomic E-state index is -0.744. The third-order valence-corrected chi connectivity index (χ3v) is 3.98. The van der Waals surface area contributed by atoms with Crippen LogP contribution < -0.4 is 5.32 Å². The molecular weight excluding hydrogens is 390 g/mol. The van der Waals surface area contributed by atoms with E-state index in [1.165, 1.54) is 24.3 Å². The molecule has 0 spiro atoms. The van der Waals surface area contributed by atoms with Gasteiger partial charge in [0.05, 0.1) is 5.69 Å². The molecule has 1 aromatic heterocycles. The van der Waals surface area contributed by atoms with E-state index in [9.17, 15) is 14.4 Å². The van der Waals surface area contributed by atoms with Gasteiger partial charge in [0.15, 0.2) is 0 Å². The first-order chi connectivity index (χ1) is 13.0. The smallest absolute Gasteiger partial charge is 0.266 e. The molecule has 7 heteroatoms. The summed E-state index contributed by atoms with van der Waals surface area (Å²) in [5.41, 5.74) is 0.405. The molecule has 0 fully saturated rings. The van der Waals surface area contributed by atoms with Crippen LogP contribution in [0.4, 0.5) is 10.1 Å². The van der Waals surface area contributed by atoms with Gasteiger partial charge in [0.1, 0.15) is 29.0 Å². The normalized spacial score (nSPS) is 11.1. The van der Waals surface area contributed by atoms with Crippen molar-refractivity contribution in [1.82, 2.24) is 0 Å². The SMILES string of the molecule is N#C/C(=C\c1ccc(-c2cc(Cl)cc(Cl)c2)o1)C(=O)Nc1ccccc1F. The minimum Gasteiger partial charge on any atom is -0.457 e. The van der Waals surface area contributed by atoms with Crippen LogP contribution in [0, 0.1) is 17.1 Å². The lowest BCUT2D eigenvalue weighted by Gasteiger charge is -2.04. The summed E-state index contributed by atoms with van der Waals surface area (Å²) >= 11 is 12.0. The van der Waals surface area contributed by atoms with E-state index in [4.69, 9.17) is 27.6 Å². The summed E-state index contributed by atoms with van der Waals surface area (Å²) in [7, 11) is 0. The average Bonchev–Trinajstić information content (AvgIpc) is 3.09. The Labute approximate surface area is 164 Å². The number of anilines is 1. The standard InChI is InChI=1S/C20H11Cl2FN2O2/c21-14-7-12(8-15(22)10-14)19-6-5-16(27-19)9-13(11-24)20(26)25-18-4-2-1-3-17(18)23/h1-10H,(H,25,26)/b13-9+. The van der Waals surface area contributed by atoms with E-state index in [0.717, 1.165) is 0 Å². The molecule has 0 aliphatic rings. The van der Waals surface area contributed by atoms with Crippen LogP contribution in [0.1, 0.15) is 5.76 Å². The van der Waals surface area contributed by atoms with E-state index < -0.39 is 11.7 Å². The van der Waals surface area contributed by atoms with Crippen LogP contribution >= 0.6 is 23.2 Å². The number of para-hydroxylation sites is 1. The van der Waals surface area contributed by atoms with Crippen LogP contribution in [0.5, 0.6) is 0 Å². The van der Waals surface area contributed by atoms with E-state index in [1.54, 1.807) is 42.5 Å². The number of halogens is 3. The summed E-state index contributed by atoms with van der Waals surface area (Å²) in [6, 6.07) is 15.7. The van der Waals surface area contributed by atoms with E-state index in [1.807, 2.05) is 0 Å². The van der Waals surface area contributed by atoms with Gasteiger partial charge in [-0.05, 0) is 42.5 Å². The predicted molar refractivity (Wildman–Crippen MR) is 103 cm³/mol. The summed E-state index contributed by atoms with van der Waals surface area (Å²) in [5, 5.41) is 12.5. The predicted octanol–water partition coefficient (Wildman–Crippen LogP) is 5.94. The Bertz CT molecular complexity index is 1060. The van der Waals surface area contributed by atoms with Crippen molar-refractivity contribution >= 4 is 40.9 Å². The van der Waals surface area contributed by atoms with Crippen molar-refractivity contribution in [1.29, 1.82) is 5.26 Å². The first kappa shape index (κ1) is 18.7. The van der Waals surface area contributed by atoms with Crippen molar-refractivity contribution in [3.05, 3.63) is 81.8 Å². The van der Waals surface area contributed by atoms with E-state index in [-0.39, 0.29) is 17.0 Å². The number of rotatable bonds is 4. The second-order valence-electron chi connectivity index (χ2n) is 5.46. The van der Waals surface area contributed by atoms with Gasteiger partial charge in [-0.15, -0.1) is 0 Å². The maximum atomic E-state index is 13.6. The maximum Gasteiger partial charge on any atom is 0.266 e. The van der Waals surface area contributed by atoms with Crippen LogP contribution in [0.25, 0.3) is 17.4 Å². The first-order valence-electron chi connectivity index (χ1n) is 7.70. The number of nitrogens with one attached hydrogen (secondary N) is 1. The minimum absolute atomic E-state index is 0.0163. The van der Waals surface area contributed by atoms with Crippen LogP contribution in [-0.4, -0.2) is 5.91 Å². The second kappa shape index (κ2) is 8.09. The molecule has 0 aliphatic carbocycles. The quantitative estimate of drug-likeness (QED) is 0.435. The highest BCUT2D eigenvalue weighted by Gasteiger charge is 2.13. The number of nitriles is 1. The fraction of sp³-hybridized carbons (Fsp3) is 0. The molecule has 0 saturated heterocycles. The molecule has 0 bridgehead atoms. The zero-order chi connectivity index (χ0) is 19.4. The Kier molecular flexibility index (Phi) is 5.60. The maximum absolute atomic E-state index is 13.6. The summed E-state index contributed by atoms with van der Waals surface area (Å²) in [5.74, 6) is -0.591. The number of carbonyl (C=O) groups excluding carboxylic acids is 1. The molecule has 0 radical (unpaired) electrons. The molecule has 1 amide bonds. The number of benzene rings is 2. The molecule has 0 unspecified atom stereocenters. The topological polar surface area (TPSA) is 66.0 Å². The Morgan fingerprint density at radius 3 is 2.48 bits per heavy atom. The molecule has 4 nitrogen and oxygen atoms in total. The molecule has 1 heterocycles. The van der Waals surface area contributed by atoms with Gasteiger partial charge < -0.3 is 9.73 Å². The van der Waals surface area contributed by atoms with Crippen molar-refractivity contribution in [2.45, 2.75) is 0 Å². The largest absolute Gasteiger partial charge is 0.457 e. The number of carbonyl (C=O) groups is 1. The Morgan fingerprint density at radius 2 is 1.81 bits per heavy atom. The molecular formula is C20H11Cl2FN2O2. The Balaban J connectivity index is 1.84. The fourth-order valence-corrected chi connectivity index (χ4v) is 2.85. The number of furan rings is 1. The molecule has 3 aromatic rings. The molecule has 3 rings (SSSR count). The molecule has 2 aromatic carbocycles. The number of hydrogen-bond donors (Lipinski definition) is 1. The van der Waals surface area contributed by atoms with Crippen LogP contribution in [0.15, 0.2) is 64.6 Å². The third kappa shape index (κ3) is 4.56. The third-order valence-electron chi connectivity index (χ3n) is 3.55. The van der Waals surface area contributed by atoms with Crippen molar-refractivity contribution in [3.63, 3.8) is 0 Å². The molecule has 134 valence electrons. The van der Waals surface area contributed by atoms with Gasteiger partial charge in [0.2, 0.25) is 0 Å². The lowest BCUT2D eigenvalue weighted by Crippen LogP contribution is -2.14. The molecule has 27 heavy (non-hydrogen) atoms. The van der Waals surface area contributed by atoms with Gasteiger partial charge >= 0.3 is 0 Å². The summed E-state index contributed by atoms with van der Waals surface area (Å²) in [6.45, 7) is 0. The summed E-state index contributed by atoms with van der Waals surface area (Å²) < 4.78 is 19.3. The van der Waals surface area contributed by atoms with E-state index in [2.05, 4.69) is 5.32 Å². The van der Waals surface area contributed by atoms with Crippen molar-refractivity contribution in [2.75, 3.05) is 5.32 Å². The zero-order valence-corrected chi connectivity index (χ0v) is 15.2. The van der Waals surface area contributed by atoms with E-state index >= 15 is 0 Å². The van der Waals surface area contributed by atoms with Crippen LogP contribution in [-0.2, 0) is 4.79 Å². The van der Waals surface area contributed by atoms with Gasteiger partial charge in [-0.1, -0.05) is 35.3 Å². The Morgan fingerprint density at radius 1 is 1.11 bits per heavy atom. The van der Waals surface area contributed by atoms with Crippen LogP contribution in [0.3, 0.4) is 0 Å². The van der Waals surface area contributed by atoms with Gasteiger partial charge in [0.25, 0.3) is 5.91 Å². The van der Waals surface area contributed by atoms with Crippen molar-refractivity contribution < 1.29 is 13.6 Å². The highest BCUT2D eigenvalue weighted by atomic mass is 35.5. The summed E-state index contributed by atoms with van der Waals surface area (Å²) in [4.78, 5) is 12.2. The zero-order valence-electron chi connectivity index (χ0n) is 13.7. The summed E-state index contributed by atoms with van der Waals surface area (Å²) in [6.07, 6.45) is 1.27. The van der Waals surface area contributed by atoms with E-state index in [0.29, 0.717) is 21.4 Å². The van der Waals surface area contributed by atoms with Crippen molar-refractivity contribution in [3.8, 4) is 17.4 Å². The highest BCUT2D eigenvalue weighted by molar-refractivity contribution is 6.35. The Hall–Kier alpha value is -3.07. The van der Waals surface area contributed by atoms with Gasteiger partial charge in [-0.2, -0.15) is 5.26 Å².